The Balaban J connectivity index is 1.37. The summed E-state index contributed by atoms with van der Waals surface area (Å²) in [7, 11) is 3.96. The van der Waals surface area contributed by atoms with E-state index in [1.54, 1.807) is 7.05 Å². The maximum Gasteiger partial charge on any atom is 0.191 e. The monoisotopic (exact) mass is 446 g/mol. The van der Waals surface area contributed by atoms with E-state index in [0.717, 1.165) is 60.6 Å². The van der Waals surface area contributed by atoms with Crippen LogP contribution >= 0.6 is 0 Å². The lowest BCUT2D eigenvalue weighted by atomic mass is 10.1. The number of nitrogens with one attached hydrogen (secondary N) is 2. The van der Waals surface area contributed by atoms with Gasteiger partial charge in [-0.2, -0.15) is 5.10 Å². The second kappa shape index (κ2) is 10.5. The molecule has 0 spiro atoms. The van der Waals surface area contributed by atoms with Crippen LogP contribution in [0.5, 0.6) is 0 Å². The van der Waals surface area contributed by atoms with E-state index in [0.29, 0.717) is 13.1 Å². The van der Waals surface area contributed by atoms with Crippen molar-refractivity contribution in [2.24, 2.45) is 4.99 Å². The maximum absolute atomic E-state index is 4.65. The number of aryl methyl sites for hydroxylation is 2. The van der Waals surface area contributed by atoms with Crippen molar-refractivity contribution in [3.63, 3.8) is 0 Å². The van der Waals surface area contributed by atoms with Crippen LogP contribution in [-0.2, 0) is 13.1 Å². The summed E-state index contributed by atoms with van der Waals surface area (Å²) in [5, 5.41) is 11.5. The summed E-state index contributed by atoms with van der Waals surface area (Å²) >= 11 is 0. The van der Waals surface area contributed by atoms with Crippen LogP contribution in [0.1, 0.15) is 22.5 Å². The van der Waals surface area contributed by atoms with Gasteiger partial charge in [-0.1, -0.05) is 18.2 Å². The van der Waals surface area contributed by atoms with E-state index in [1.807, 2.05) is 23.9 Å². The van der Waals surface area contributed by atoms with Crippen molar-refractivity contribution in [2.75, 3.05) is 45.2 Å². The van der Waals surface area contributed by atoms with Gasteiger partial charge in [-0.05, 0) is 56.3 Å². The van der Waals surface area contributed by atoms with Gasteiger partial charge in [0.2, 0.25) is 0 Å². The first-order valence-electron chi connectivity index (χ1n) is 11.5. The van der Waals surface area contributed by atoms with Crippen LogP contribution in [0.2, 0.25) is 0 Å². The predicted octanol–water partition coefficient (Wildman–Crippen LogP) is 2.50. The Kier molecular flexibility index (Phi) is 7.24. The van der Waals surface area contributed by atoms with Gasteiger partial charge in [0.15, 0.2) is 5.96 Å². The molecule has 0 atom stereocenters. The summed E-state index contributed by atoms with van der Waals surface area (Å²) in [5.41, 5.74) is 5.56. The van der Waals surface area contributed by atoms with E-state index in [9.17, 15) is 0 Å². The van der Waals surface area contributed by atoms with Gasteiger partial charge in [-0.3, -0.25) is 4.99 Å². The summed E-state index contributed by atoms with van der Waals surface area (Å²) in [6.07, 6.45) is 1.89. The van der Waals surface area contributed by atoms with Gasteiger partial charge in [-0.15, -0.1) is 0 Å². The molecule has 3 aromatic rings. The number of anilines is 1. The standard InChI is InChI=1S/C25H34N8/c1-19-15-20(2)33(30-19)23-8-6-5-7-22(23)18-29-25(26-3)28-17-21-9-10-27-24(16-21)32-13-11-31(4)12-14-32/h5-10,15-16H,11-14,17-18H2,1-4H3,(H2,26,28,29). The molecule has 1 fully saturated rings. The first-order chi connectivity index (χ1) is 16.0. The molecule has 1 aliphatic rings. The molecule has 0 unspecified atom stereocenters. The molecule has 8 heteroatoms. The van der Waals surface area contributed by atoms with Crippen molar-refractivity contribution in [1.82, 2.24) is 30.3 Å². The van der Waals surface area contributed by atoms with E-state index in [4.69, 9.17) is 0 Å². The number of aliphatic imine (C=N–C) groups is 1. The second-order valence-electron chi connectivity index (χ2n) is 8.56. The fraction of sp³-hybridized carbons (Fsp3) is 0.400. The van der Waals surface area contributed by atoms with E-state index >= 15 is 0 Å². The number of nitrogens with zero attached hydrogens (tertiary/aromatic N) is 6. The summed E-state index contributed by atoms with van der Waals surface area (Å²) in [6, 6.07) is 14.6. The molecule has 4 rings (SSSR count). The third-order valence-corrected chi connectivity index (χ3v) is 6.00. The summed E-state index contributed by atoms with van der Waals surface area (Å²) in [6.45, 7) is 9.59. The first kappa shape index (κ1) is 22.8. The molecule has 0 radical (unpaired) electrons. The van der Waals surface area contributed by atoms with E-state index in [2.05, 4.69) is 85.9 Å². The molecule has 2 N–H and O–H groups in total. The van der Waals surface area contributed by atoms with Gasteiger partial charge in [0.1, 0.15) is 5.82 Å². The lowest BCUT2D eigenvalue weighted by molar-refractivity contribution is 0.312. The lowest BCUT2D eigenvalue weighted by Gasteiger charge is -2.33. The van der Waals surface area contributed by atoms with Gasteiger partial charge in [0.25, 0.3) is 0 Å². The van der Waals surface area contributed by atoms with Gasteiger partial charge in [-0.25, -0.2) is 9.67 Å². The van der Waals surface area contributed by atoms with E-state index in [-0.39, 0.29) is 0 Å². The quantitative estimate of drug-likeness (QED) is 0.448. The number of para-hydroxylation sites is 1. The highest BCUT2D eigenvalue weighted by atomic mass is 15.3. The minimum atomic E-state index is 0.650. The molecular weight excluding hydrogens is 412 g/mol. The van der Waals surface area contributed by atoms with Crippen LogP contribution < -0.4 is 15.5 Å². The Labute approximate surface area is 196 Å². The zero-order chi connectivity index (χ0) is 23.2. The summed E-state index contributed by atoms with van der Waals surface area (Å²) < 4.78 is 2.00. The van der Waals surface area contributed by atoms with E-state index in [1.165, 1.54) is 5.56 Å². The molecule has 0 amide bonds. The number of piperazine rings is 1. The van der Waals surface area contributed by atoms with Crippen LogP contribution in [-0.4, -0.2) is 65.9 Å². The molecule has 8 nitrogen and oxygen atoms in total. The molecule has 0 aliphatic carbocycles. The fourth-order valence-corrected chi connectivity index (χ4v) is 4.10. The number of benzene rings is 1. The SMILES string of the molecule is CN=C(NCc1ccnc(N2CCN(C)CC2)c1)NCc1ccccc1-n1nc(C)cc1C. The van der Waals surface area contributed by atoms with Crippen molar-refractivity contribution < 1.29 is 0 Å². The van der Waals surface area contributed by atoms with Crippen molar-refractivity contribution in [3.8, 4) is 5.69 Å². The molecular formula is C25H34N8. The molecule has 0 saturated carbocycles. The Bertz CT molecular complexity index is 1100. The van der Waals surface area contributed by atoms with Crippen molar-refractivity contribution in [3.05, 3.63) is 71.2 Å². The average Bonchev–Trinajstić information content (AvgIpc) is 3.17. The van der Waals surface area contributed by atoms with Crippen molar-refractivity contribution >= 4 is 11.8 Å². The molecule has 1 aliphatic heterocycles. The number of hydrogen-bond acceptors (Lipinski definition) is 5. The molecule has 1 saturated heterocycles. The Morgan fingerprint density at radius 3 is 2.48 bits per heavy atom. The highest BCUT2D eigenvalue weighted by Crippen LogP contribution is 2.17. The number of guanidine groups is 1. The average molecular weight is 447 g/mol. The Morgan fingerprint density at radius 1 is 1.00 bits per heavy atom. The number of hydrogen-bond donors (Lipinski definition) is 2. The number of likely N-dealkylation sites (N-methyl/N-ethyl adjacent to an activating group) is 1. The van der Waals surface area contributed by atoms with Crippen LogP contribution in [0.25, 0.3) is 5.69 Å². The fourth-order valence-electron chi connectivity index (χ4n) is 4.10. The predicted molar refractivity (Wildman–Crippen MR) is 134 cm³/mol. The summed E-state index contributed by atoms with van der Waals surface area (Å²) in [5.74, 6) is 1.81. The Hall–Kier alpha value is -3.39. The van der Waals surface area contributed by atoms with Crippen molar-refractivity contribution in [1.29, 1.82) is 0 Å². The minimum absolute atomic E-state index is 0.650. The van der Waals surface area contributed by atoms with Crippen LogP contribution in [0.3, 0.4) is 0 Å². The number of rotatable bonds is 6. The van der Waals surface area contributed by atoms with Gasteiger partial charge >= 0.3 is 0 Å². The summed E-state index contributed by atoms with van der Waals surface area (Å²) in [4.78, 5) is 13.7. The van der Waals surface area contributed by atoms with Crippen LogP contribution in [0.4, 0.5) is 5.82 Å². The Morgan fingerprint density at radius 2 is 1.76 bits per heavy atom. The second-order valence-corrected chi connectivity index (χ2v) is 8.56. The first-order valence-corrected chi connectivity index (χ1v) is 11.5. The van der Waals surface area contributed by atoms with Crippen LogP contribution in [0.15, 0.2) is 53.7 Å². The van der Waals surface area contributed by atoms with Gasteiger partial charge < -0.3 is 20.4 Å². The van der Waals surface area contributed by atoms with E-state index < -0.39 is 0 Å². The zero-order valence-electron chi connectivity index (χ0n) is 20.0. The highest BCUT2D eigenvalue weighted by Gasteiger charge is 2.15. The number of aromatic nitrogens is 3. The van der Waals surface area contributed by atoms with Crippen LogP contribution in [0, 0.1) is 13.8 Å². The molecule has 174 valence electrons. The molecule has 1 aromatic carbocycles. The van der Waals surface area contributed by atoms with Gasteiger partial charge in [0.05, 0.1) is 11.4 Å². The number of pyridine rings is 1. The zero-order valence-corrected chi connectivity index (χ0v) is 20.0. The van der Waals surface area contributed by atoms with Gasteiger partial charge in [0, 0.05) is 58.2 Å². The maximum atomic E-state index is 4.65. The molecule has 3 heterocycles. The lowest BCUT2D eigenvalue weighted by Crippen LogP contribution is -2.44. The highest BCUT2D eigenvalue weighted by molar-refractivity contribution is 5.79. The normalized spacial score (nSPS) is 15.0. The smallest absolute Gasteiger partial charge is 0.191 e. The molecule has 33 heavy (non-hydrogen) atoms. The largest absolute Gasteiger partial charge is 0.354 e. The molecule has 0 bridgehead atoms. The topological polar surface area (TPSA) is 73.6 Å². The minimum Gasteiger partial charge on any atom is -0.354 e. The third kappa shape index (κ3) is 5.70. The van der Waals surface area contributed by atoms with Crippen molar-refractivity contribution in [2.45, 2.75) is 26.9 Å². The molecule has 2 aromatic heterocycles. The third-order valence-electron chi connectivity index (χ3n) is 6.00.